The highest BCUT2D eigenvalue weighted by atomic mass is 32.2. The molecule has 0 amide bonds. The summed E-state index contributed by atoms with van der Waals surface area (Å²) in [4.78, 5) is 0. The SMILES string of the molecule is O=S(=O)(CCNC1CC1)NCCc1ccccc1F. The van der Waals surface area contributed by atoms with Crippen LogP contribution in [-0.4, -0.2) is 33.3 Å². The quantitative estimate of drug-likeness (QED) is 0.751. The van der Waals surface area contributed by atoms with Gasteiger partial charge in [0.15, 0.2) is 0 Å². The molecule has 2 N–H and O–H groups in total. The van der Waals surface area contributed by atoms with Gasteiger partial charge < -0.3 is 5.32 Å². The lowest BCUT2D eigenvalue weighted by Gasteiger charge is -2.07. The molecule has 0 heterocycles. The van der Waals surface area contributed by atoms with Crippen LogP contribution in [0.4, 0.5) is 4.39 Å². The summed E-state index contributed by atoms with van der Waals surface area (Å²) in [5.74, 6) is -0.224. The molecule has 1 fully saturated rings. The average molecular weight is 286 g/mol. The molecule has 2 rings (SSSR count). The molecule has 1 aliphatic rings. The smallest absolute Gasteiger partial charge is 0.212 e. The van der Waals surface area contributed by atoms with Gasteiger partial charge in [0.1, 0.15) is 5.82 Å². The van der Waals surface area contributed by atoms with E-state index in [9.17, 15) is 12.8 Å². The fourth-order valence-corrected chi connectivity index (χ4v) is 2.74. The number of halogens is 1. The van der Waals surface area contributed by atoms with Crippen molar-refractivity contribution in [2.45, 2.75) is 25.3 Å². The van der Waals surface area contributed by atoms with Crippen molar-refractivity contribution in [3.8, 4) is 0 Å². The van der Waals surface area contributed by atoms with Gasteiger partial charge in [-0.25, -0.2) is 17.5 Å². The van der Waals surface area contributed by atoms with Crippen molar-refractivity contribution < 1.29 is 12.8 Å². The average Bonchev–Trinajstić information content (AvgIpc) is 3.15. The largest absolute Gasteiger partial charge is 0.313 e. The molecule has 0 saturated heterocycles. The predicted octanol–water partition coefficient (Wildman–Crippen LogP) is 1.04. The lowest BCUT2D eigenvalue weighted by Crippen LogP contribution is -2.33. The van der Waals surface area contributed by atoms with Crippen LogP contribution in [0.1, 0.15) is 18.4 Å². The molecule has 0 spiro atoms. The Kier molecular flexibility index (Phi) is 4.90. The van der Waals surface area contributed by atoms with Crippen LogP contribution < -0.4 is 10.0 Å². The summed E-state index contributed by atoms with van der Waals surface area (Å²) in [5.41, 5.74) is 0.529. The fraction of sp³-hybridized carbons (Fsp3) is 0.538. The molecule has 6 heteroatoms. The van der Waals surface area contributed by atoms with Gasteiger partial charge in [0, 0.05) is 19.1 Å². The predicted molar refractivity (Wildman–Crippen MR) is 72.9 cm³/mol. The molecule has 0 radical (unpaired) electrons. The van der Waals surface area contributed by atoms with Crippen molar-refractivity contribution in [2.75, 3.05) is 18.8 Å². The van der Waals surface area contributed by atoms with Crippen LogP contribution in [0.25, 0.3) is 0 Å². The van der Waals surface area contributed by atoms with Gasteiger partial charge in [-0.3, -0.25) is 0 Å². The van der Waals surface area contributed by atoms with Gasteiger partial charge in [0.25, 0.3) is 0 Å². The van der Waals surface area contributed by atoms with Crippen LogP contribution in [0.3, 0.4) is 0 Å². The van der Waals surface area contributed by atoms with E-state index in [4.69, 9.17) is 0 Å². The second-order valence-electron chi connectivity index (χ2n) is 4.78. The molecule has 19 heavy (non-hydrogen) atoms. The Morgan fingerprint density at radius 3 is 2.63 bits per heavy atom. The first-order chi connectivity index (χ1) is 9.07. The summed E-state index contributed by atoms with van der Waals surface area (Å²) < 4.78 is 39.1. The first-order valence-electron chi connectivity index (χ1n) is 6.51. The summed E-state index contributed by atoms with van der Waals surface area (Å²) in [5, 5.41) is 3.15. The van der Waals surface area contributed by atoms with Crippen LogP contribution in [0.15, 0.2) is 24.3 Å². The first-order valence-corrected chi connectivity index (χ1v) is 8.16. The molecule has 1 aromatic rings. The van der Waals surface area contributed by atoms with E-state index in [1.54, 1.807) is 18.2 Å². The van der Waals surface area contributed by atoms with Crippen molar-refractivity contribution in [1.82, 2.24) is 10.0 Å². The topological polar surface area (TPSA) is 58.2 Å². The first kappa shape index (κ1) is 14.4. The minimum atomic E-state index is -3.27. The molecular weight excluding hydrogens is 267 g/mol. The summed E-state index contributed by atoms with van der Waals surface area (Å²) in [7, 11) is -3.27. The van der Waals surface area contributed by atoms with Crippen molar-refractivity contribution in [3.63, 3.8) is 0 Å². The normalized spacial score (nSPS) is 15.6. The van der Waals surface area contributed by atoms with Crippen molar-refractivity contribution in [3.05, 3.63) is 35.6 Å². The van der Waals surface area contributed by atoms with E-state index in [0.29, 0.717) is 24.6 Å². The third-order valence-electron chi connectivity index (χ3n) is 3.06. The molecule has 1 aliphatic carbocycles. The highest BCUT2D eigenvalue weighted by Gasteiger charge is 2.21. The number of sulfonamides is 1. The van der Waals surface area contributed by atoms with Gasteiger partial charge in [-0.1, -0.05) is 18.2 Å². The number of hydrogen-bond acceptors (Lipinski definition) is 3. The monoisotopic (exact) mass is 286 g/mol. The standard InChI is InChI=1S/C13H19FN2O2S/c14-13-4-2-1-3-11(13)7-8-16-19(17,18)10-9-15-12-5-6-12/h1-4,12,15-16H,5-10H2. The summed E-state index contributed by atoms with van der Waals surface area (Å²) in [6, 6.07) is 6.91. The molecular formula is C13H19FN2O2S. The van der Waals surface area contributed by atoms with Crippen molar-refractivity contribution in [1.29, 1.82) is 0 Å². The van der Waals surface area contributed by atoms with Crippen LogP contribution in [-0.2, 0) is 16.4 Å². The highest BCUT2D eigenvalue weighted by Crippen LogP contribution is 2.18. The molecule has 0 unspecified atom stereocenters. The maximum absolute atomic E-state index is 13.3. The Hall–Kier alpha value is -0.980. The van der Waals surface area contributed by atoms with Gasteiger partial charge >= 0.3 is 0 Å². The maximum Gasteiger partial charge on any atom is 0.212 e. The van der Waals surface area contributed by atoms with Crippen LogP contribution >= 0.6 is 0 Å². The molecule has 4 nitrogen and oxygen atoms in total. The zero-order valence-corrected chi connectivity index (χ0v) is 11.5. The van der Waals surface area contributed by atoms with Gasteiger partial charge in [-0.2, -0.15) is 0 Å². The Morgan fingerprint density at radius 1 is 1.21 bits per heavy atom. The second-order valence-corrected chi connectivity index (χ2v) is 6.71. The lowest BCUT2D eigenvalue weighted by atomic mass is 10.1. The Morgan fingerprint density at radius 2 is 1.95 bits per heavy atom. The molecule has 0 aliphatic heterocycles. The molecule has 0 aromatic heterocycles. The Balaban J connectivity index is 1.70. The zero-order chi connectivity index (χ0) is 13.7. The number of hydrogen-bond donors (Lipinski definition) is 2. The lowest BCUT2D eigenvalue weighted by molar-refractivity contribution is 0.573. The zero-order valence-electron chi connectivity index (χ0n) is 10.7. The van der Waals surface area contributed by atoms with E-state index in [0.717, 1.165) is 12.8 Å². The van der Waals surface area contributed by atoms with E-state index in [-0.39, 0.29) is 18.1 Å². The molecule has 0 atom stereocenters. The third kappa shape index (κ3) is 5.26. The summed E-state index contributed by atoms with van der Waals surface area (Å²) >= 11 is 0. The van der Waals surface area contributed by atoms with Gasteiger partial charge in [-0.15, -0.1) is 0 Å². The van der Waals surface area contributed by atoms with Gasteiger partial charge in [0.2, 0.25) is 10.0 Å². The maximum atomic E-state index is 13.3. The van der Waals surface area contributed by atoms with Crippen LogP contribution in [0, 0.1) is 5.82 Å². The van der Waals surface area contributed by atoms with E-state index in [1.807, 2.05) is 0 Å². The Bertz CT molecular complexity index is 515. The van der Waals surface area contributed by atoms with E-state index < -0.39 is 10.0 Å². The van der Waals surface area contributed by atoms with Crippen LogP contribution in [0.5, 0.6) is 0 Å². The van der Waals surface area contributed by atoms with E-state index in [2.05, 4.69) is 10.0 Å². The highest BCUT2D eigenvalue weighted by molar-refractivity contribution is 7.89. The van der Waals surface area contributed by atoms with Gasteiger partial charge in [0.05, 0.1) is 5.75 Å². The molecule has 0 bridgehead atoms. The number of nitrogens with one attached hydrogen (secondary N) is 2. The second kappa shape index (κ2) is 6.45. The van der Waals surface area contributed by atoms with E-state index >= 15 is 0 Å². The Labute approximate surface area is 113 Å². The summed E-state index contributed by atoms with van der Waals surface area (Å²) in [6.07, 6.45) is 2.64. The molecule has 1 aromatic carbocycles. The minimum absolute atomic E-state index is 0.0702. The number of rotatable bonds is 8. The summed E-state index contributed by atoms with van der Waals surface area (Å²) in [6.45, 7) is 0.701. The minimum Gasteiger partial charge on any atom is -0.313 e. The molecule has 1 saturated carbocycles. The van der Waals surface area contributed by atoms with Crippen molar-refractivity contribution >= 4 is 10.0 Å². The third-order valence-corrected chi connectivity index (χ3v) is 4.44. The van der Waals surface area contributed by atoms with Crippen molar-refractivity contribution in [2.24, 2.45) is 0 Å². The molecule has 106 valence electrons. The van der Waals surface area contributed by atoms with Gasteiger partial charge in [-0.05, 0) is 30.9 Å². The van der Waals surface area contributed by atoms with Crippen LogP contribution in [0.2, 0.25) is 0 Å². The number of benzene rings is 1. The van der Waals surface area contributed by atoms with E-state index in [1.165, 1.54) is 6.07 Å². The fourth-order valence-electron chi connectivity index (χ4n) is 1.80.